The Hall–Kier alpha value is -0.290. The number of nitrogens with zero attached hydrogens (tertiary/aromatic N) is 1. The topological polar surface area (TPSA) is 32.3 Å². The summed E-state index contributed by atoms with van der Waals surface area (Å²) in [4.78, 5) is 14.3. The maximum Gasteiger partial charge on any atom is 0.255 e. The number of likely N-dealkylation sites (tertiary alicyclic amines) is 1. The van der Waals surface area contributed by atoms with Gasteiger partial charge in [-0.1, -0.05) is 11.6 Å². The van der Waals surface area contributed by atoms with Crippen LogP contribution in [-0.2, 0) is 0 Å². The zero-order valence-corrected chi connectivity index (χ0v) is 13.8. The summed E-state index contributed by atoms with van der Waals surface area (Å²) >= 11 is 9.28. The van der Waals surface area contributed by atoms with Crippen molar-refractivity contribution < 1.29 is 4.79 Å². The number of rotatable bonds is 3. The quantitative estimate of drug-likeness (QED) is 0.889. The van der Waals surface area contributed by atoms with Gasteiger partial charge in [-0.25, -0.2) is 0 Å². The van der Waals surface area contributed by atoms with E-state index in [1.807, 2.05) is 11.9 Å². The van der Waals surface area contributed by atoms with E-state index in [0.717, 1.165) is 30.5 Å². The number of carbonyl (C=O) groups is 1. The first-order valence-corrected chi connectivity index (χ1v) is 7.18. The second kappa shape index (κ2) is 7.48. The first-order chi connectivity index (χ1) is 8.61. The van der Waals surface area contributed by atoms with Gasteiger partial charge >= 0.3 is 0 Å². The standard InChI is InChI=1S/C13H16BrClN2O.ClH/c1-16-7-9-4-5-17(8-9)13(18)11-3-2-10(15)6-12(11)14;/h2-3,6,9,16H,4-5,7-8H2,1H3;1H. The highest BCUT2D eigenvalue weighted by atomic mass is 79.9. The minimum absolute atomic E-state index is 0. The molecule has 3 nitrogen and oxygen atoms in total. The lowest BCUT2D eigenvalue weighted by atomic mass is 10.1. The molecular formula is C13H17BrCl2N2O. The van der Waals surface area contributed by atoms with Gasteiger partial charge in [-0.2, -0.15) is 0 Å². The molecule has 0 saturated carbocycles. The summed E-state index contributed by atoms with van der Waals surface area (Å²) in [5, 5.41) is 3.80. The van der Waals surface area contributed by atoms with Crippen LogP contribution in [-0.4, -0.2) is 37.5 Å². The Bertz CT molecular complexity index is 456. The van der Waals surface area contributed by atoms with Crippen molar-refractivity contribution in [3.05, 3.63) is 33.3 Å². The lowest BCUT2D eigenvalue weighted by Crippen LogP contribution is -2.30. The van der Waals surface area contributed by atoms with Crippen LogP contribution >= 0.6 is 39.9 Å². The predicted molar refractivity (Wildman–Crippen MR) is 84.3 cm³/mol. The van der Waals surface area contributed by atoms with Crippen LogP contribution in [0.5, 0.6) is 0 Å². The minimum Gasteiger partial charge on any atom is -0.338 e. The second-order valence-electron chi connectivity index (χ2n) is 4.59. The lowest BCUT2D eigenvalue weighted by molar-refractivity contribution is 0.0786. The lowest BCUT2D eigenvalue weighted by Gasteiger charge is -2.17. The van der Waals surface area contributed by atoms with Gasteiger partial charge in [0.1, 0.15) is 0 Å². The third kappa shape index (κ3) is 4.09. The van der Waals surface area contributed by atoms with Crippen LogP contribution in [0.3, 0.4) is 0 Å². The highest BCUT2D eigenvalue weighted by Crippen LogP contribution is 2.25. The number of nitrogens with one attached hydrogen (secondary N) is 1. The Morgan fingerprint density at radius 2 is 2.32 bits per heavy atom. The Balaban J connectivity index is 0.00000180. The zero-order valence-electron chi connectivity index (χ0n) is 10.7. The van der Waals surface area contributed by atoms with Crippen molar-refractivity contribution in [2.24, 2.45) is 5.92 Å². The van der Waals surface area contributed by atoms with Crippen LogP contribution < -0.4 is 5.32 Å². The van der Waals surface area contributed by atoms with Crippen LogP contribution in [0.4, 0.5) is 0 Å². The average molecular weight is 368 g/mol. The summed E-state index contributed by atoms with van der Waals surface area (Å²) in [5.74, 6) is 0.641. The number of amides is 1. The molecule has 1 N–H and O–H groups in total. The van der Waals surface area contributed by atoms with E-state index in [9.17, 15) is 4.79 Å². The zero-order chi connectivity index (χ0) is 13.1. The maximum absolute atomic E-state index is 12.4. The van der Waals surface area contributed by atoms with E-state index in [2.05, 4.69) is 21.2 Å². The largest absolute Gasteiger partial charge is 0.338 e. The summed E-state index contributed by atoms with van der Waals surface area (Å²) in [6.07, 6.45) is 1.07. The second-order valence-corrected chi connectivity index (χ2v) is 5.88. The van der Waals surface area contributed by atoms with Crippen LogP contribution in [0.1, 0.15) is 16.8 Å². The molecule has 2 rings (SSSR count). The minimum atomic E-state index is 0. The van der Waals surface area contributed by atoms with Gasteiger partial charge in [0.05, 0.1) is 5.56 Å². The van der Waals surface area contributed by atoms with Gasteiger partial charge in [0, 0.05) is 22.6 Å². The Morgan fingerprint density at radius 1 is 1.58 bits per heavy atom. The molecule has 0 spiro atoms. The molecule has 0 aromatic heterocycles. The summed E-state index contributed by atoms with van der Waals surface area (Å²) in [6.45, 7) is 2.63. The van der Waals surface area contributed by atoms with E-state index < -0.39 is 0 Å². The van der Waals surface area contributed by atoms with E-state index in [1.54, 1.807) is 18.2 Å². The van der Waals surface area contributed by atoms with Crippen molar-refractivity contribution in [3.63, 3.8) is 0 Å². The fourth-order valence-corrected chi connectivity index (χ4v) is 3.16. The predicted octanol–water partition coefficient (Wildman–Crippen LogP) is 3.21. The molecule has 0 aliphatic carbocycles. The van der Waals surface area contributed by atoms with Crippen LogP contribution in [0.2, 0.25) is 5.02 Å². The smallest absolute Gasteiger partial charge is 0.255 e. The Morgan fingerprint density at radius 3 is 2.95 bits per heavy atom. The molecule has 1 aliphatic rings. The van der Waals surface area contributed by atoms with E-state index in [-0.39, 0.29) is 18.3 Å². The molecule has 6 heteroatoms. The van der Waals surface area contributed by atoms with Crippen molar-refractivity contribution >= 4 is 45.8 Å². The molecule has 1 unspecified atom stereocenters. The van der Waals surface area contributed by atoms with E-state index in [1.165, 1.54) is 0 Å². The van der Waals surface area contributed by atoms with Gasteiger partial charge in [-0.05, 0) is 60.1 Å². The third-order valence-corrected chi connectivity index (χ3v) is 4.12. The third-order valence-electron chi connectivity index (χ3n) is 3.23. The monoisotopic (exact) mass is 366 g/mol. The molecule has 1 saturated heterocycles. The van der Waals surface area contributed by atoms with Crippen molar-refractivity contribution in [2.45, 2.75) is 6.42 Å². The fraction of sp³-hybridized carbons (Fsp3) is 0.462. The van der Waals surface area contributed by atoms with Gasteiger partial charge < -0.3 is 10.2 Å². The van der Waals surface area contributed by atoms with Crippen molar-refractivity contribution in [2.75, 3.05) is 26.7 Å². The van der Waals surface area contributed by atoms with E-state index >= 15 is 0 Å². The summed E-state index contributed by atoms with van der Waals surface area (Å²) in [6, 6.07) is 5.29. The first kappa shape index (κ1) is 16.8. The molecule has 19 heavy (non-hydrogen) atoms. The Labute approximate surface area is 133 Å². The number of benzene rings is 1. The molecular weight excluding hydrogens is 351 g/mol. The molecule has 1 aromatic carbocycles. The Kier molecular flexibility index (Phi) is 6.60. The van der Waals surface area contributed by atoms with Gasteiger partial charge in [-0.15, -0.1) is 12.4 Å². The van der Waals surface area contributed by atoms with E-state index in [4.69, 9.17) is 11.6 Å². The van der Waals surface area contributed by atoms with Crippen LogP contribution in [0.25, 0.3) is 0 Å². The molecule has 1 atom stereocenters. The van der Waals surface area contributed by atoms with Gasteiger partial charge in [0.2, 0.25) is 0 Å². The fourth-order valence-electron chi connectivity index (χ4n) is 2.31. The molecule has 106 valence electrons. The molecule has 0 radical (unpaired) electrons. The average Bonchev–Trinajstić information content (AvgIpc) is 2.77. The van der Waals surface area contributed by atoms with Crippen LogP contribution in [0.15, 0.2) is 22.7 Å². The number of hydrogen-bond acceptors (Lipinski definition) is 2. The van der Waals surface area contributed by atoms with E-state index in [0.29, 0.717) is 16.5 Å². The van der Waals surface area contributed by atoms with Crippen LogP contribution in [0, 0.1) is 5.92 Å². The van der Waals surface area contributed by atoms with Crippen molar-refractivity contribution in [1.29, 1.82) is 0 Å². The summed E-state index contributed by atoms with van der Waals surface area (Å²) in [7, 11) is 1.94. The van der Waals surface area contributed by atoms with Gasteiger partial charge in [-0.3, -0.25) is 4.79 Å². The first-order valence-electron chi connectivity index (χ1n) is 6.00. The van der Waals surface area contributed by atoms with Crippen molar-refractivity contribution in [3.8, 4) is 0 Å². The molecule has 1 fully saturated rings. The number of carbonyl (C=O) groups excluding carboxylic acids is 1. The summed E-state index contributed by atoms with van der Waals surface area (Å²) < 4.78 is 0.761. The molecule has 1 aliphatic heterocycles. The highest BCUT2D eigenvalue weighted by molar-refractivity contribution is 9.10. The van der Waals surface area contributed by atoms with Crippen molar-refractivity contribution in [1.82, 2.24) is 10.2 Å². The summed E-state index contributed by atoms with van der Waals surface area (Å²) in [5.41, 5.74) is 0.685. The molecule has 1 heterocycles. The molecule has 1 aromatic rings. The van der Waals surface area contributed by atoms with Gasteiger partial charge in [0.15, 0.2) is 0 Å². The maximum atomic E-state index is 12.4. The normalized spacial score (nSPS) is 18.3. The number of halogens is 3. The number of hydrogen-bond donors (Lipinski definition) is 1. The van der Waals surface area contributed by atoms with Gasteiger partial charge in [0.25, 0.3) is 5.91 Å². The SMILES string of the molecule is CNCC1CCN(C(=O)c2ccc(Cl)cc2Br)C1.Cl. The molecule has 1 amide bonds. The molecule has 0 bridgehead atoms. The highest BCUT2D eigenvalue weighted by Gasteiger charge is 2.27.